The lowest BCUT2D eigenvalue weighted by molar-refractivity contribution is -0.275. The van der Waals surface area contributed by atoms with Crippen molar-refractivity contribution in [3.8, 4) is 5.75 Å². The number of pyridine rings is 1. The monoisotopic (exact) mass is 257 g/mol. The fourth-order valence-corrected chi connectivity index (χ4v) is 1.04. The minimum Gasteiger partial charge on any atom is -0.405 e. The molecule has 0 radical (unpaired) electrons. The zero-order valence-corrected chi connectivity index (χ0v) is 7.85. The van der Waals surface area contributed by atoms with Crippen molar-refractivity contribution in [3.05, 3.63) is 27.7 Å². The van der Waals surface area contributed by atoms with E-state index in [-0.39, 0.29) is 6.29 Å². The summed E-state index contributed by atoms with van der Waals surface area (Å²) in [6.07, 6.45) is -8.70. The molecule has 0 saturated heterocycles. The van der Waals surface area contributed by atoms with Crippen LogP contribution in [-0.2, 0) is 0 Å². The predicted octanol–water partition coefficient (Wildman–Crippen LogP) is 2.02. The number of H-pyrrole nitrogens is 1. The number of carbonyl (C=O) groups excluding carboxylic acids is 1. The molecule has 1 aromatic heterocycles. The van der Waals surface area contributed by atoms with Gasteiger partial charge >= 0.3 is 6.36 Å². The van der Waals surface area contributed by atoms with Crippen LogP contribution in [0.1, 0.15) is 22.5 Å². The number of halogens is 5. The van der Waals surface area contributed by atoms with Crippen molar-refractivity contribution in [1.82, 2.24) is 4.98 Å². The van der Waals surface area contributed by atoms with Gasteiger partial charge in [0.2, 0.25) is 0 Å². The van der Waals surface area contributed by atoms with Gasteiger partial charge < -0.3 is 9.72 Å². The quantitative estimate of drug-likeness (QED) is 0.665. The smallest absolute Gasteiger partial charge is 0.405 e. The van der Waals surface area contributed by atoms with Crippen LogP contribution in [0, 0.1) is 0 Å². The van der Waals surface area contributed by atoms with Crippen molar-refractivity contribution >= 4 is 6.29 Å². The van der Waals surface area contributed by atoms with E-state index < -0.39 is 35.4 Å². The van der Waals surface area contributed by atoms with Crippen LogP contribution in [0.5, 0.6) is 5.75 Å². The molecule has 17 heavy (non-hydrogen) atoms. The number of hydrogen-bond acceptors (Lipinski definition) is 3. The molecule has 1 heterocycles. The summed E-state index contributed by atoms with van der Waals surface area (Å²) in [6.45, 7) is 0. The molecule has 0 aliphatic heterocycles. The minimum absolute atomic E-state index is 0.000115. The first kappa shape index (κ1) is 13.1. The maximum absolute atomic E-state index is 12.3. The normalized spacial score (nSPS) is 11.6. The summed E-state index contributed by atoms with van der Waals surface area (Å²) < 4.78 is 63.6. The highest BCUT2D eigenvalue weighted by Gasteiger charge is 2.34. The van der Waals surface area contributed by atoms with Gasteiger partial charge in [-0.15, -0.1) is 13.2 Å². The average Bonchev–Trinajstić information content (AvgIpc) is 2.13. The van der Waals surface area contributed by atoms with Gasteiger partial charge in [0.05, 0.1) is 5.69 Å². The molecule has 0 bridgehead atoms. The average molecular weight is 257 g/mol. The van der Waals surface area contributed by atoms with Crippen LogP contribution in [0.2, 0.25) is 0 Å². The fourth-order valence-electron chi connectivity index (χ4n) is 1.04. The Morgan fingerprint density at radius 2 is 1.94 bits per heavy atom. The van der Waals surface area contributed by atoms with Gasteiger partial charge in [-0.3, -0.25) is 9.59 Å². The molecule has 0 aliphatic rings. The lowest BCUT2D eigenvalue weighted by Gasteiger charge is -2.12. The Labute approximate surface area is 90.0 Å². The van der Waals surface area contributed by atoms with Crippen molar-refractivity contribution in [2.45, 2.75) is 12.8 Å². The Bertz CT molecular complexity index is 479. The standard InChI is InChI=1S/C8H4F5NO3/c9-6(10)5-4(17-8(11,12)13)1-3(2-15)14-7(5)16/h1-2,6H,(H,14,16). The minimum atomic E-state index is -5.24. The molecule has 1 rings (SSSR count). The Morgan fingerprint density at radius 1 is 1.35 bits per heavy atom. The predicted molar refractivity (Wildman–Crippen MR) is 44.1 cm³/mol. The van der Waals surface area contributed by atoms with Gasteiger partial charge in [-0.2, -0.15) is 0 Å². The van der Waals surface area contributed by atoms with Gasteiger partial charge in [0, 0.05) is 6.07 Å². The van der Waals surface area contributed by atoms with Crippen LogP contribution in [0.15, 0.2) is 10.9 Å². The molecule has 0 amide bonds. The second kappa shape index (κ2) is 4.52. The highest BCUT2D eigenvalue weighted by Crippen LogP contribution is 2.30. The van der Waals surface area contributed by atoms with E-state index in [2.05, 4.69) is 4.74 Å². The number of ether oxygens (including phenoxy) is 1. The lowest BCUT2D eigenvalue weighted by atomic mass is 10.2. The number of hydrogen-bond donors (Lipinski definition) is 1. The number of nitrogens with one attached hydrogen (secondary N) is 1. The third-order valence-electron chi connectivity index (χ3n) is 1.63. The van der Waals surface area contributed by atoms with Crippen LogP contribution < -0.4 is 10.3 Å². The van der Waals surface area contributed by atoms with E-state index in [1.807, 2.05) is 0 Å². The second-order valence-electron chi connectivity index (χ2n) is 2.80. The third kappa shape index (κ3) is 3.26. The Kier molecular flexibility index (Phi) is 3.49. The molecule has 0 aromatic carbocycles. The Balaban J connectivity index is 3.38. The molecular weight excluding hydrogens is 253 g/mol. The topological polar surface area (TPSA) is 59.2 Å². The number of rotatable bonds is 3. The van der Waals surface area contributed by atoms with Gasteiger partial charge in [0.15, 0.2) is 6.29 Å². The molecule has 0 atom stereocenters. The molecule has 4 nitrogen and oxygen atoms in total. The summed E-state index contributed by atoms with van der Waals surface area (Å²) in [4.78, 5) is 23.0. The van der Waals surface area contributed by atoms with Gasteiger partial charge in [0.25, 0.3) is 12.0 Å². The molecule has 0 saturated carbocycles. The number of aromatic nitrogens is 1. The zero-order chi connectivity index (χ0) is 13.2. The van der Waals surface area contributed by atoms with E-state index in [4.69, 9.17) is 0 Å². The number of carbonyl (C=O) groups is 1. The molecule has 1 N–H and O–H groups in total. The first-order chi connectivity index (χ1) is 7.74. The molecule has 0 unspecified atom stereocenters. The van der Waals surface area contributed by atoms with E-state index in [9.17, 15) is 31.5 Å². The van der Waals surface area contributed by atoms with E-state index in [0.717, 1.165) is 0 Å². The summed E-state index contributed by atoms with van der Waals surface area (Å²) in [5, 5.41) is 0. The first-order valence-electron chi connectivity index (χ1n) is 4.01. The van der Waals surface area contributed by atoms with Crippen molar-refractivity contribution in [2.24, 2.45) is 0 Å². The summed E-state index contributed by atoms with van der Waals surface area (Å²) in [5.41, 5.74) is -3.59. The van der Waals surface area contributed by atoms with Gasteiger partial charge in [-0.1, -0.05) is 0 Å². The summed E-state index contributed by atoms with van der Waals surface area (Å²) in [5.74, 6) is -1.39. The summed E-state index contributed by atoms with van der Waals surface area (Å²) >= 11 is 0. The van der Waals surface area contributed by atoms with Crippen LogP contribution in [0.25, 0.3) is 0 Å². The Morgan fingerprint density at radius 3 is 2.35 bits per heavy atom. The highest BCUT2D eigenvalue weighted by molar-refractivity contribution is 5.72. The molecule has 94 valence electrons. The number of alkyl halides is 5. The van der Waals surface area contributed by atoms with Gasteiger partial charge in [0.1, 0.15) is 11.3 Å². The fraction of sp³-hybridized carbons (Fsp3) is 0.250. The van der Waals surface area contributed by atoms with E-state index in [1.165, 1.54) is 0 Å². The van der Waals surface area contributed by atoms with Crippen molar-refractivity contribution in [3.63, 3.8) is 0 Å². The van der Waals surface area contributed by atoms with Gasteiger partial charge in [-0.05, 0) is 0 Å². The zero-order valence-electron chi connectivity index (χ0n) is 7.85. The molecule has 0 fully saturated rings. The van der Waals surface area contributed by atoms with E-state index in [0.29, 0.717) is 6.07 Å². The van der Waals surface area contributed by atoms with E-state index in [1.54, 1.807) is 4.98 Å². The van der Waals surface area contributed by atoms with Crippen LogP contribution in [0.4, 0.5) is 22.0 Å². The van der Waals surface area contributed by atoms with Crippen LogP contribution in [0.3, 0.4) is 0 Å². The first-order valence-corrected chi connectivity index (χ1v) is 4.01. The molecule has 0 spiro atoms. The molecule has 9 heteroatoms. The van der Waals surface area contributed by atoms with Gasteiger partial charge in [-0.25, -0.2) is 8.78 Å². The van der Waals surface area contributed by atoms with Crippen molar-refractivity contribution in [2.75, 3.05) is 0 Å². The van der Waals surface area contributed by atoms with Crippen molar-refractivity contribution < 1.29 is 31.5 Å². The number of aldehydes is 1. The van der Waals surface area contributed by atoms with Crippen molar-refractivity contribution in [1.29, 1.82) is 0 Å². The summed E-state index contributed by atoms with van der Waals surface area (Å²) in [7, 11) is 0. The molecule has 0 aliphatic carbocycles. The van der Waals surface area contributed by atoms with Crippen LogP contribution in [-0.4, -0.2) is 17.6 Å². The third-order valence-corrected chi connectivity index (χ3v) is 1.63. The Hall–Kier alpha value is -1.93. The molecule has 1 aromatic rings. The highest BCUT2D eigenvalue weighted by atomic mass is 19.4. The largest absolute Gasteiger partial charge is 0.573 e. The second-order valence-corrected chi connectivity index (χ2v) is 2.80. The lowest BCUT2D eigenvalue weighted by Crippen LogP contribution is -2.23. The van der Waals surface area contributed by atoms with E-state index >= 15 is 0 Å². The number of aromatic amines is 1. The summed E-state index contributed by atoms with van der Waals surface area (Å²) in [6, 6.07) is 0.378. The van der Waals surface area contributed by atoms with Crippen LogP contribution >= 0.6 is 0 Å². The maximum atomic E-state index is 12.3. The SMILES string of the molecule is O=Cc1cc(OC(F)(F)F)c(C(F)F)c(=O)[nH]1. The maximum Gasteiger partial charge on any atom is 0.573 e. The molecular formula is C8H4F5NO3.